The van der Waals surface area contributed by atoms with Gasteiger partial charge in [0.15, 0.2) is 6.10 Å². The van der Waals surface area contributed by atoms with Crippen molar-refractivity contribution >= 4 is 22.4 Å². The van der Waals surface area contributed by atoms with E-state index < -0.39 is 29.4 Å². The molecule has 2 aromatic carbocycles. The first-order chi connectivity index (χ1) is 13.2. The third-order valence-electron chi connectivity index (χ3n) is 4.15. The second-order valence-corrected chi connectivity index (χ2v) is 6.09. The van der Waals surface area contributed by atoms with E-state index in [1.165, 1.54) is 42.5 Å². The highest BCUT2D eigenvalue weighted by Gasteiger charge is 2.33. The van der Waals surface area contributed by atoms with Crippen LogP contribution in [-0.4, -0.2) is 33.8 Å². The summed E-state index contributed by atoms with van der Waals surface area (Å²) in [6.45, 7) is -0.268. The van der Waals surface area contributed by atoms with Gasteiger partial charge >= 0.3 is 12.1 Å². The van der Waals surface area contributed by atoms with Crippen molar-refractivity contribution < 1.29 is 28.2 Å². The molecule has 0 spiro atoms. The molecule has 0 fully saturated rings. The van der Waals surface area contributed by atoms with Crippen LogP contribution in [0.4, 0.5) is 18.9 Å². The lowest BCUT2D eigenvalue weighted by atomic mass is 10.0. The molecular formula is C19H15F3N2O4. The highest BCUT2D eigenvalue weighted by atomic mass is 19.4. The number of alkyl halides is 3. The van der Waals surface area contributed by atoms with Crippen LogP contribution in [-0.2, 0) is 11.0 Å². The number of aliphatic hydroxyl groups excluding tert-OH is 1. The van der Waals surface area contributed by atoms with E-state index in [1.54, 1.807) is 0 Å². The molecule has 6 nitrogen and oxygen atoms in total. The van der Waals surface area contributed by atoms with Gasteiger partial charge in [0.2, 0.25) is 0 Å². The van der Waals surface area contributed by atoms with Crippen LogP contribution in [0.3, 0.4) is 0 Å². The Kier molecular flexibility index (Phi) is 5.10. The zero-order valence-corrected chi connectivity index (χ0v) is 14.2. The third-order valence-corrected chi connectivity index (χ3v) is 4.15. The molecule has 0 aliphatic carbocycles. The number of aliphatic carboxylic acids is 1. The van der Waals surface area contributed by atoms with Gasteiger partial charge in [-0.3, -0.25) is 4.79 Å². The Bertz CT molecular complexity index is 1090. The van der Waals surface area contributed by atoms with Gasteiger partial charge in [0, 0.05) is 22.3 Å². The Morgan fingerprint density at radius 2 is 1.86 bits per heavy atom. The molecule has 3 aromatic rings. The molecule has 4 N–H and O–H groups in total. The monoisotopic (exact) mass is 392 g/mol. The number of carbonyl (C=O) groups is 1. The van der Waals surface area contributed by atoms with Crippen molar-refractivity contribution in [1.82, 2.24) is 4.98 Å². The van der Waals surface area contributed by atoms with Crippen LogP contribution in [0.25, 0.3) is 22.0 Å². The van der Waals surface area contributed by atoms with E-state index in [1.807, 2.05) is 0 Å². The molecule has 146 valence electrons. The molecule has 0 aliphatic heterocycles. The average molecular weight is 392 g/mol. The van der Waals surface area contributed by atoms with E-state index in [4.69, 9.17) is 5.11 Å². The Labute approximate surface area is 156 Å². The van der Waals surface area contributed by atoms with Gasteiger partial charge in [-0.05, 0) is 29.7 Å². The minimum Gasteiger partial charge on any atom is -0.479 e. The number of fused-ring (bicyclic) bond motifs is 1. The highest BCUT2D eigenvalue weighted by molar-refractivity contribution is 5.88. The fourth-order valence-electron chi connectivity index (χ4n) is 2.78. The predicted molar refractivity (Wildman–Crippen MR) is 97.1 cm³/mol. The summed E-state index contributed by atoms with van der Waals surface area (Å²) in [5, 5.41) is 21.3. The Morgan fingerprint density at radius 3 is 2.54 bits per heavy atom. The smallest absolute Gasteiger partial charge is 0.417 e. The molecular weight excluding hydrogens is 377 g/mol. The molecule has 28 heavy (non-hydrogen) atoms. The molecule has 3 rings (SSSR count). The molecule has 0 aliphatic rings. The second-order valence-electron chi connectivity index (χ2n) is 6.09. The number of nitrogens with one attached hydrogen (secondary N) is 2. The summed E-state index contributed by atoms with van der Waals surface area (Å²) >= 11 is 0. The Hall–Kier alpha value is -3.33. The Morgan fingerprint density at radius 1 is 1.14 bits per heavy atom. The SMILES string of the molecule is O=C(O)C(O)CNc1ccc2cc(-c3ccccc3C(F)(F)F)[nH]c(=O)c2c1. The molecule has 1 atom stereocenters. The maximum Gasteiger partial charge on any atom is 0.417 e. The lowest BCUT2D eigenvalue weighted by Gasteiger charge is -2.13. The summed E-state index contributed by atoms with van der Waals surface area (Å²) in [4.78, 5) is 25.5. The number of aliphatic hydroxyl groups is 1. The van der Waals surface area contributed by atoms with Gasteiger partial charge in [0.1, 0.15) is 0 Å². The van der Waals surface area contributed by atoms with Gasteiger partial charge < -0.3 is 20.5 Å². The molecule has 1 aromatic heterocycles. The minimum absolute atomic E-state index is 0.0347. The summed E-state index contributed by atoms with van der Waals surface area (Å²) in [6.07, 6.45) is -6.18. The normalized spacial score (nSPS) is 12.7. The van der Waals surface area contributed by atoms with E-state index in [-0.39, 0.29) is 23.2 Å². The van der Waals surface area contributed by atoms with E-state index >= 15 is 0 Å². The summed E-state index contributed by atoms with van der Waals surface area (Å²) in [5.41, 5.74) is -1.16. The summed E-state index contributed by atoms with van der Waals surface area (Å²) in [6, 6.07) is 10.9. The molecule has 1 heterocycles. The minimum atomic E-state index is -4.57. The van der Waals surface area contributed by atoms with Crippen molar-refractivity contribution in [3.63, 3.8) is 0 Å². The van der Waals surface area contributed by atoms with Gasteiger partial charge in [-0.2, -0.15) is 13.2 Å². The predicted octanol–water partition coefficient (Wildman–Crippen LogP) is 3.07. The summed E-state index contributed by atoms with van der Waals surface area (Å²) in [5.74, 6) is -1.39. The van der Waals surface area contributed by atoms with E-state index in [2.05, 4.69) is 10.3 Å². The molecule has 0 amide bonds. The van der Waals surface area contributed by atoms with Crippen LogP contribution in [0, 0.1) is 0 Å². The number of aromatic nitrogens is 1. The van der Waals surface area contributed by atoms with Crippen molar-refractivity contribution in [2.45, 2.75) is 12.3 Å². The number of rotatable bonds is 5. The third kappa shape index (κ3) is 3.99. The van der Waals surface area contributed by atoms with Crippen LogP contribution in [0.2, 0.25) is 0 Å². The number of H-pyrrole nitrogens is 1. The topological polar surface area (TPSA) is 102 Å². The largest absolute Gasteiger partial charge is 0.479 e. The zero-order valence-electron chi connectivity index (χ0n) is 14.2. The van der Waals surface area contributed by atoms with Crippen LogP contribution in [0.1, 0.15) is 5.56 Å². The summed E-state index contributed by atoms with van der Waals surface area (Å²) < 4.78 is 39.7. The molecule has 1 unspecified atom stereocenters. The van der Waals surface area contributed by atoms with Gasteiger partial charge in [0.05, 0.1) is 12.1 Å². The number of carboxylic acids is 1. The van der Waals surface area contributed by atoms with Gasteiger partial charge in [-0.1, -0.05) is 24.3 Å². The van der Waals surface area contributed by atoms with Crippen LogP contribution >= 0.6 is 0 Å². The Balaban J connectivity index is 2.01. The fraction of sp³-hybridized carbons (Fsp3) is 0.158. The molecule has 0 bridgehead atoms. The first-order valence-corrected chi connectivity index (χ1v) is 8.15. The molecule has 0 saturated carbocycles. The van der Waals surface area contributed by atoms with Crippen molar-refractivity contribution in [1.29, 1.82) is 0 Å². The number of aromatic amines is 1. The van der Waals surface area contributed by atoms with E-state index in [0.29, 0.717) is 11.1 Å². The van der Waals surface area contributed by atoms with Crippen LogP contribution in [0.5, 0.6) is 0 Å². The van der Waals surface area contributed by atoms with Gasteiger partial charge in [-0.25, -0.2) is 4.79 Å². The first kappa shape index (κ1) is 19.4. The molecule has 0 radical (unpaired) electrons. The van der Waals surface area contributed by atoms with E-state index in [9.17, 15) is 27.9 Å². The van der Waals surface area contributed by atoms with Gasteiger partial charge in [0.25, 0.3) is 5.56 Å². The van der Waals surface area contributed by atoms with Crippen LogP contribution < -0.4 is 10.9 Å². The zero-order chi connectivity index (χ0) is 20.5. The van der Waals surface area contributed by atoms with Crippen molar-refractivity contribution in [2.24, 2.45) is 0 Å². The maximum absolute atomic E-state index is 13.2. The van der Waals surface area contributed by atoms with E-state index in [0.717, 1.165) is 6.07 Å². The highest BCUT2D eigenvalue weighted by Crippen LogP contribution is 2.36. The number of benzene rings is 2. The molecule has 0 saturated heterocycles. The van der Waals surface area contributed by atoms with Crippen molar-refractivity contribution in [3.8, 4) is 11.3 Å². The quantitative estimate of drug-likeness (QED) is 0.535. The second kappa shape index (κ2) is 7.35. The number of pyridine rings is 1. The van der Waals surface area contributed by atoms with Gasteiger partial charge in [-0.15, -0.1) is 0 Å². The van der Waals surface area contributed by atoms with Crippen molar-refractivity contribution in [2.75, 3.05) is 11.9 Å². The van der Waals surface area contributed by atoms with Crippen molar-refractivity contribution in [3.05, 3.63) is 64.4 Å². The standard InChI is InChI=1S/C19H15F3N2O4/c20-19(21,22)14-4-2-1-3-12(14)15-7-10-5-6-11(8-13(10)17(26)24-15)23-9-16(25)18(27)28/h1-8,16,23,25H,9H2,(H,24,26)(H,27,28). The fourth-order valence-corrected chi connectivity index (χ4v) is 2.78. The van der Waals surface area contributed by atoms with Crippen LogP contribution in [0.15, 0.2) is 53.3 Å². The number of hydrogen-bond donors (Lipinski definition) is 4. The average Bonchev–Trinajstić information content (AvgIpc) is 2.65. The number of anilines is 1. The lowest BCUT2D eigenvalue weighted by Crippen LogP contribution is -2.28. The number of hydrogen-bond acceptors (Lipinski definition) is 4. The molecule has 9 heteroatoms. The first-order valence-electron chi connectivity index (χ1n) is 8.15. The maximum atomic E-state index is 13.2. The number of halogens is 3. The number of carboxylic acid groups (broad SMARTS) is 1. The lowest BCUT2D eigenvalue weighted by molar-refractivity contribution is -0.145. The summed E-state index contributed by atoms with van der Waals surface area (Å²) in [7, 11) is 0.